The van der Waals surface area contributed by atoms with Gasteiger partial charge in [0, 0.05) is 22.9 Å². The molecule has 1 aromatic heterocycles. The second-order valence-corrected chi connectivity index (χ2v) is 7.90. The monoisotopic (exact) mass is 363 g/mol. The number of hydrogen-bond acceptors (Lipinski definition) is 3. The van der Waals surface area contributed by atoms with E-state index in [4.69, 9.17) is 9.98 Å². The van der Waals surface area contributed by atoms with E-state index in [0.717, 1.165) is 32.7 Å². The maximum absolute atomic E-state index is 5.22. The third-order valence-corrected chi connectivity index (χ3v) is 6.03. The van der Waals surface area contributed by atoms with Crippen molar-refractivity contribution in [3.8, 4) is 0 Å². The van der Waals surface area contributed by atoms with Crippen molar-refractivity contribution >= 4 is 44.4 Å². The van der Waals surface area contributed by atoms with Crippen molar-refractivity contribution in [1.29, 1.82) is 0 Å². The Bertz CT molecular complexity index is 902. The molecule has 0 bridgehead atoms. The van der Waals surface area contributed by atoms with Gasteiger partial charge in [-0.05, 0) is 51.5 Å². The number of benzene rings is 2. The molecule has 1 aliphatic heterocycles. The summed E-state index contributed by atoms with van der Waals surface area (Å²) in [5.74, 6) is 0. The van der Waals surface area contributed by atoms with Gasteiger partial charge in [0.25, 0.3) is 0 Å². The quantitative estimate of drug-likeness (QED) is 0.301. The maximum Gasteiger partial charge on any atom is 0.164 e. The summed E-state index contributed by atoms with van der Waals surface area (Å²) in [6, 6.07) is 17.7. The molecule has 0 aliphatic carbocycles. The van der Waals surface area contributed by atoms with Crippen molar-refractivity contribution in [3.05, 3.63) is 48.5 Å². The molecule has 0 saturated carbocycles. The SMILES string of the molecule is CSC(=Nc1c2ccccc2nc2ccccc12)N1C(C)CCCC1C. The fourth-order valence-corrected chi connectivity index (χ4v) is 4.79. The van der Waals surface area contributed by atoms with Gasteiger partial charge in [0.15, 0.2) is 5.17 Å². The van der Waals surface area contributed by atoms with Gasteiger partial charge in [-0.1, -0.05) is 48.2 Å². The first-order valence-corrected chi connectivity index (χ1v) is 10.6. The van der Waals surface area contributed by atoms with E-state index in [9.17, 15) is 0 Å². The van der Waals surface area contributed by atoms with Crippen LogP contribution in [0.15, 0.2) is 53.5 Å². The van der Waals surface area contributed by atoms with Crippen molar-refractivity contribution in [2.45, 2.75) is 45.2 Å². The van der Waals surface area contributed by atoms with Crippen LogP contribution in [-0.2, 0) is 0 Å². The molecule has 4 rings (SSSR count). The maximum atomic E-state index is 5.22. The van der Waals surface area contributed by atoms with Crippen LogP contribution in [0.5, 0.6) is 0 Å². The Hall–Kier alpha value is -2.07. The average Bonchev–Trinajstić information content (AvgIpc) is 2.66. The zero-order valence-electron chi connectivity index (χ0n) is 15.6. The predicted octanol–water partition coefficient (Wildman–Crippen LogP) is 6.00. The lowest BCUT2D eigenvalue weighted by Gasteiger charge is -2.40. The largest absolute Gasteiger partial charge is 0.346 e. The van der Waals surface area contributed by atoms with E-state index < -0.39 is 0 Å². The number of fused-ring (bicyclic) bond motifs is 2. The molecule has 134 valence electrons. The van der Waals surface area contributed by atoms with E-state index in [0.29, 0.717) is 12.1 Å². The minimum Gasteiger partial charge on any atom is -0.346 e. The smallest absolute Gasteiger partial charge is 0.164 e. The van der Waals surface area contributed by atoms with Crippen molar-refractivity contribution in [2.24, 2.45) is 4.99 Å². The Morgan fingerprint density at radius 1 is 0.962 bits per heavy atom. The number of rotatable bonds is 1. The van der Waals surface area contributed by atoms with Crippen LogP contribution in [0.1, 0.15) is 33.1 Å². The number of pyridine rings is 1. The highest BCUT2D eigenvalue weighted by atomic mass is 32.2. The van der Waals surface area contributed by atoms with E-state index in [1.165, 1.54) is 19.3 Å². The molecule has 2 atom stereocenters. The molecule has 2 unspecified atom stereocenters. The molecule has 0 radical (unpaired) electrons. The van der Waals surface area contributed by atoms with Crippen LogP contribution in [0.2, 0.25) is 0 Å². The molecular formula is C22H25N3S. The number of hydrogen-bond donors (Lipinski definition) is 0. The Morgan fingerprint density at radius 3 is 2.04 bits per heavy atom. The highest BCUT2D eigenvalue weighted by Gasteiger charge is 2.27. The summed E-state index contributed by atoms with van der Waals surface area (Å²) in [6.45, 7) is 4.65. The molecule has 1 fully saturated rings. The number of likely N-dealkylation sites (tertiary alicyclic amines) is 1. The topological polar surface area (TPSA) is 28.5 Å². The molecule has 3 aromatic rings. The molecule has 0 amide bonds. The number of amidine groups is 1. The molecule has 1 saturated heterocycles. The Balaban J connectivity index is 1.94. The Labute approximate surface area is 159 Å². The summed E-state index contributed by atoms with van der Waals surface area (Å²) in [5, 5.41) is 3.36. The highest BCUT2D eigenvalue weighted by Crippen LogP contribution is 2.35. The molecule has 2 heterocycles. The standard InChI is InChI=1S/C22H25N3S/c1-15-9-8-10-16(2)25(15)22(26-3)24-21-17-11-4-6-13-19(17)23-20-14-7-5-12-18(20)21/h4-7,11-16H,8-10H2,1-3H3. The van der Waals surface area contributed by atoms with Crippen molar-refractivity contribution < 1.29 is 0 Å². The molecule has 0 N–H and O–H groups in total. The molecule has 1 aliphatic rings. The summed E-state index contributed by atoms with van der Waals surface area (Å²) < 4.78 is 0. The first-order valence-electron chi connectivity index (χ1n) is 9.37. The Kier molecular flexibility index (Phi) is 4.86. The number of aromatic nitrogens is 1. The third kappa shape index (κ3) is 3.07. The van der Waals surface area contributed by atoms with Gasteiger partial charge in [0.1, 0.15) is 0 Å². The molecule has 0 spiro atoms. The second-order valence-electron chi connectivity index (χ2n) is 7.13. The van der Waals surface area contributed by atoms with Gasteiger partial charge >= 0.3 is 0 Å². The second kappa shape index (κ2) is 7.28. The van der Waals surface area contributed by atoms with Gasteiger partial charge in [-0.2, -0.15) is 0 Å². The van der Waals surface area contributed by atoms with E-state index in [-0.39, 0.29) is 0 Å². The van der Waals surface area contributed by atoms with Crippen LogP contribution in [0.4, 0.5) is 5.69 Å². The summed E-state index contributed by atoms with van der Waals surface area (Å²) in [7, 11) is 0. The molecule has 2 aromatic carbocycles. The lowest BCUT2D eigenvalue weighted by atomic mass is 9.98. The number of aliphatic imine (C=N–C) groups is 1. The van der Waals surface area contributed by atoms with Crippen LogP contribution < -0.4 is 0 Å². The van der Waals surface area contributed by atoms with Gasteiger partial charge in [0.05, 0.1) is 16.7 Å². The molecule has 3 nitrogen and oxygen atoms in total. The lowest BCUT2D eigenvalue weighted by molar-refractivity contribution is 0.196. The van der Waals surface area contributed by atoms with Gasteiger partial charge in [-0.3, -0.25) is 0 Å². The van der Waals surface area contributed by atoms with E-state index in [1.807, 2.05) is 12.1 Å². The lowest BCUT2D eigenvalue weighted by Crippen LogP contribution is -2.46. The minimum atomic E-state index is 0.532. The zero-order valence-corrected chi connectivity index (χ0v) is 16.5. The summed E-state index contributed by atoms with van der Waals surface area (Å²) >= 11 is 1.75. The van der Waals surface area contributed by atoms with Gasteiger partial charge in [0.2, 0.25) is 0 Å². The van der Waals surface area contributed by atoms with Gasteiger partial charge in [-0.25, -0.2) is 9.98 Å². The fourth-order valence-electron chi connectivity index (χ4n) is 4.04. The number of thioether (sulfide) groups is 1. The van der Waals surface area contributed by atoms with Crippen LogP contribution in [-0.4, -0.2) is 33.4 Å². The third-order valence-electron chi connectivity index (χ3n) is 5.36. The average molecular weight is 364 g/mol. The van der Waals surface area contributed by atoms with Gasteiger partial charge in [-0.15, -0.1) is 0 Å². The fraction of sp³-hybridized carbons (Fsp3) is 0.364. The molecular weight excluding hydrogens is 338 g/mol. The van der Waals surface area contributed by atoms with Crippen LogP contribution in [0, 0.1) is 0 Å². The predicted molar refractivity (Wildman–Crippen MR) is 114 cm³/mol. The minimum absolute atomic E-state index is 0.532. The first kappa shape index (κ1) is 17.3. The van der Waals surface area contributed by atoms with E-state index in [2.05, 4.69) is 61.4 Å². The van der Waals surface area contributed by atoms with Crippen molar-refractivity contribution in [1.82, 2.24) is 9.88 Å². The van der Waals surface area contributed by atoms with E-state index in [1.54, 1.807) is 11.8 Å². The molecule has 4 heteroatoms. The van der Waals surface area contributed by atoms with Crippen LogP contribution in [0.25, 0.3) is 21.8 Å². The zero-order chi connectivity index (χ0) is 18.1. The number of para-hydroxylation sites is 2. The van der Waals surface area contributed by atoms with E-state index >= 15 is 0 Å². The van der Waals surface area contributed by atoms with Gasteiger partial charge < -0.3 is 4.90 Å². The summed E-state index contributed by atoms with van der Waals surface area (Å²) in [5.41, 5.74) is 3.05. The summed E-state index contributed by atoms with van der Waals surface area (Å²) in [6.07, 6.45) is 5.92. The number of nitrogens with zero attached hydrogens (tertiary/aromatic N) is 3. The van der Waals surface area contributed by atoms with Crippen molar-refractivity contribution in [2.75, 3.05) is 6.26 Å². The first-order chi connectivity index (χ1) is 12.7. The Morgan fingerprint density at radius 2 is 1.50 bits per heavy atom. The summed E-state index contributed by atoms with van der Waals surface area (Å²) in [4.78, 5) is 12.6. The highest BCUT2D eigenvalue weighted by molar-refractivity contribution is 8.13. The van der Waals surface area contributed by atoms with Crippen LogP contribution >= 0.6 is 11.8 Å². The van der Waals surface area contributed by atoms with Crippen molar-refractivity contribution in [3.63, 3.8) is 0 Å². The van der Waals surface area contributed by atoms with Crippen LogP contribution in [0.3, 0.4) is 0 Å². The number of piperidine rings is 1. The molecule has 26 heavy (non-hydrogen) atoms. The normalized spacial score (nSPS) is 21.5.